The van der Waals surface area contributed by atoms with Crippen LogP contribution in [0.4, 0.5) is 0 Å². The van der Waals surface area contributed by atoms with E-state index in [0.29, 0.717) is 13.2 Å². The van der Waals surface area contributed by atoms with Crippen LogP contribution >= 0.6 is 0 Å². The molecule has 0 aliphatic carbocycles. The molecule has 1 atom stereocenters. The Morgan fingerprint density at radius 2 is 1.89 bits per heavy atom. The molecule has 3 N–H and O–H groups in total. The van der Waals surface area contributed by atoms with E-state index >= 15 is 0 Å². The number of benzene rings is 1. The summed E-state index contributed by atoms with van der Waals surface area (Å²) in [5.74, 6) is 0.949. The first-order chi connectivity index (χ1) is 8.74. The Kier molecular flexibility index (Phi) is 10.6. The van der Waals surface area contributed by atoms with E-state index in [1.165, 1.54) is 5.56 Å². The fourth-order valence-corrected chi connectivity index (χ4v) is 1.66. The highest BCUT2D eigenvalue weighted by molar-refractivity contribution is 5.33. The molecule has 0 bridgehead atoms. The third-order valence-electron chi connectivity index (χ3n) is 2.51. The Morgan fingerprint density at radius 1 is 1.21 bits per heavy atom. The number of hydrogen-bond donors (Lipinski definition) is 3. The van der Waals surface area contributed by atoms with E-state index in [-0.39, 0.29) is 18.5 Å². The van der Waals surface area contributed by atoms with E-state index in [2.05, 4.69) is 16.7 Å². The Bertz CT molecular complexity index is 335. The van der Waals surface area contributed by atoms with Crippen LogP contribution < -0.4 is 27.8 Å². The zero-order chi connectivity index (χ0) is 13.2. The monoisotopic (exact) mass is 287 g/mol. The summed E-state index contributed by atoms with van der Waals surface area (Å²) >= 11 is 0. The summed E-state index contributed by atoms with van der Waals surface area (Å²) in [7, 11) is 0. The normalized spacial score (nSPS) is 11.7. The highest BCUT2D eigenvalue weighted by Gasteiger charge is 2.01. The summed E-state index contributed by atoms with van der Waals surface area (Å²) < 4.78 is 5.56. The quantitative estimate of drug-likeness (QED) is 0.467. The number of aliphatic hydroxyl groups excluding tert-OH is 1. The molecular formula is C14H24ClN2O2-. The topological polar surface area (TPSA) is 53.5 Å². The molecule has 0 radical (unpaired) electrons. The number of para-hydroxylation sites is 1. The smallest absolute Gasteiger partial charge is 0.123 e. The van der Waals surface area contributed by atoms with Gasteiger partial charge in [-0.25, -0.2) is 0 Å². The summed E-state index contributed by atoms with van der Waals surface area (Å²) in [6.45, 7) is 7.61. The summed E-state index contributed by atoms with van der Waals surface area (Å²) in [6.07, 6.45) is -0.288. The molecule has 0 heterocycles. The van der Waals surface area contributed by atoms with Gasteiger partial charge in [0, 0.05) is 31.7 Å². The predicted octanol–water partition coefficient (Wildman–Crippen LogP) is -1.85. The predicted molar refractivity (Wildman–Crippen MR) is 73.9 cm³/mol. The van der Waals surface area contributed by atoms with Crippen LogP contribution in [0.25, 0.3) is 0 Å². The van der Waals surface area contributed by atoms with Gasteiger partial charge in [-0.05, 0) is 19.9 Å². The fraction of sp³-hybridized carbons (Fsp3) is 0.571. The van der Waals surface area contributed by atoms with Crippen molar-refractivity contribution < 1.29 is 22.3 Å². The molecule has 0 amide bonds. The molecule has 0 aliphatic rings. The zero-order valence-electron chi connectivity index (χ0n) is 11.7. The van der Waals surface area contributed by atoms with Crippen molar-refractivity contribution in [1.29, 1.82) is 0 Å². The SMILES string of the molecule is CCOc1ccccc1CNCCNCC(C)O.[Cl-]. The molecule has 0 fully saturated rings. The molecule has 1 aromatic rings. The van der Waals surface area contributed by atoms with E-state index in [0.717, 1.165) is 25.4 Å². The van der Waals surface area contributed by atoms with Gasteiger partial charge in [-0.15, -0.1) is 0 Å². The Morgan fingerprint density at radius 3 is 2.58 bits per heavy atom. The second-order valence-electron chi connectivity index (χ2n) is 4.27. The Hall–Kier alpha value is -0.810. The molecule has 5 heteroatoms. The molecule has 4 nitrogen and oxygen atoms in total. The standard InChI is InChI=1S/C14H24N2O2.ClH/c1-3-18-14-7-5-4-6-13(14)11-16-9-8-15-10-12(2)17;/h4-7,12,15-17H,3,8-11H2,1-2H3;1H/p-1. The maximum atomic E-state index is 9.08. The summed E-state index contributed by atoms with van der Waals surface area (Å²) in [4.78, 5) is 0. The van der Waals surface area contributed by atoms with Gasteiger partial charge >= 0.3 is 0 Å². The summed E-state index contributed by atoms with van der Waals surface area (Å²) in [5.41, 5.74) is 1.18. The Labute approximate surface area is 122 Å². The number of rotatable bonds is 9. The van der Waals surface area contributed by atoms with E-state index in [4.69, 9.17) is 9.84 Å². The first-order valence-corrected chi connectivity index (χ1v) is 6.54. The van der Waals surface area contributed by atoms with E-state index in [9.17, 15) is 0 Å². The number of hydrogen-bond acceptors (Lipinski definition) is 4. The molecule has 0 aliphatic heterocycles. The van der Waals surface area contributed by atoms with Gasteiger partial charge < -0.3 is 32.9 Å². The molecule has 0 saturated heterocycles. The number of aliphatic hydroxyl groups is 1. The maximum absolute atomic E-state index is 9.08. The van der Waals surface area contributed by atoms with Gasteiger partial charge in [0.1, 0.15) is 5.75 Å². The molecule has 110 valence electrons. The van der Waals surface area contributed by atoms with Crippen molar-refractivity contribution in [2.45, 2.75) is 26.5 Å². The van der Waals surface area contributed by atoms with Crippen molar-refractivity contribution in [3.05, 3.63) is 29.8 Å². The molecule has 1 unspecified atom stereocenters. The second-order valence-corrected chi connectivity index (χ2v) is 4.27. The fourth-order valence-electron chi connectivity index (χ4n) is 1.66. The van der Waals surface area contributed by atoms with Crippen molar-refractivity contribution in [1.82, 2.24) is 10.6 Å². The van der Waals surface area contributed by atoms with Gasteiger partial charge in [-0.3, -0.25) is 0 Å². The highest BCUT2D eigenvalue weighted by Crippen LogP contribution is 2.17. The van der Waals surface area contributed by atoms with Crippen molar-refractivity contribution in [2.75, 3.05) is 26.2 Å². The molecule has 1 rings (SSSR count). The molecule has 19 heavy (non-hydrogen) atoms. The molecule has 0 saturated carbocycles. The van der Waals surface area contributed by atoms with Crippen molar-refractivity contribution >= 4 is 0 Å². The van der Waals surface area contributed by atoms with Gasteiger partial charge in [-0.2, -0.15) is 0 Å². The lowest BCUT2D eigenvalue weighted by atomic mass is 10.2. The molecule has 1 aromatic carbocycles. The van der Waals surface area contributed by atoms with Crippen LogP contribution in [0.3, 0.4) is 0 Å². The summed E-state index contributed by atoms with van der Waals surface area (Å²) in [5, 5.41) is 15.6. The van der Waals surface area contributed by atoms with Crippen LogP contribution in [-0.2, 0) is 6.54 Å². The van der Waals surface area contributed by atoms with Crippen LogP contribution in [-0.4, -0.2) is 37.5 Å². The highest BCUT2D eigenvalue weighted by atomic mass is 35.5. The van der Waals surface area contributed by atoms with Crippen LogP contribution in [0.5, 0.6) is 5.75 Å². The van der Waals surface area contributed by atoms with Gasteiger partial charge in [0.15, 0.2) is 0 Å². The number of halogens is 1. The average Bonchev–Trinajstić information content (AvgIpc) is 2.35. The second kappa shape index (κ2) is 11.1. The average molecular weight is 288 g/mol. The van der Waals surface area contributed by atoms with Crippen molar-refractivity contribution in [2.24, 2.45) is 0 Å². The minimum atomic E-state index is -0.288. The lowest BCUT2D eigenvalue weighted by molar-refractivity contribution is -0.00000654. The first-order valence-electron chi connectivity index (χ1n) is 6.54. The Balaban J connectivity index is 0.00000324. The number of ether oxygens (including phenoxy) is 1. The van der Waals surface area contributed by atoms with Crippen LogP contribution in [0, 0.1) is 0 Å². The van der Waals surface area contributed by atoms with Gasteiger partial charge in [-0.1, -0.05) is 18.2 Å². The minimum absolute atomic E-state index is 0. The van der Waals surface area contributed by atoms with Gasteiger partial charge in [0.25, 0.3) is 0 Å². The van der Waals surface area contributed by atoms with Crippen molar-refractivity contribution in [3.8, 4) is 5.75 Å². The van der Waals surface area contributed by atoms with Gasteiger partial charge in [0.2, 0.25) is 0 Å². The first kappa shape index (κ1) is 18.2. The van der Waals surface area contributed by atoms with E-state index in [1.54, 1.807) is 6.92 Å². The largest absolute Gasteiger partial charge is 1.00 e. The van der Waals surface area contributed by atoms with E-state index < -0.39 is 0 Å². The summed E-state index contributed by atoms with van der Waals surface area (Å²) in [6, 6.07) is 8.07. The molecule has 0 spiro atoms. The third-order valence-corrected chi connectivity index (χ3v) is 2.51. The number of nitrogens with one attached hydrogen (secondary N) is 2. The zero-order valence-corrected chi connectivity index (χ0v) is 12.4. The molecular weight excluding hydrogens is 264 g/mol. The van der Waals surface area contributed by atoms with E-state index in [1.807, 2.05) is 25.1 Å². The maximum Gasteiger partial charge on any atom is 0.123 e. The third kappa shape index (κ3) is 8.06. The molecule has 0 aromatic heterocycles. The lowest BCUT2D eigenvalue weighted by Gasteiger charge is -2.11. The van der Waals surface area contributed by atoms with Crippen LogP contribution in [0.15, 0.2) is 24.3 Å². The lowest BCUT2D eigenvalue weighted by Crippen LogP contribution is -3.00. The van der Waals surface area contributed by atoms with Crippen LogP contribution in [0.1, 0.15) is 19.4 Å². The van der Waals surface area contributed by atoms with Crippen molar-refractivity contribution in [3.63, 3.8) is 0 Å². The van der Waals surface area contributed by atoms with Gasteiger partial charge in [0.05, 0.1) is 12.7 Å². The minimum Gasteiger partial charge on any atom is -1.00 e. The van der Waals surface area contributed by atoms with Crippen LogP contribution in [0.2, 0.25) is 0 Å².